The highest BCUT2D eigenvalue weighted by atomic mass is 32.2. The number of thiazole rings is 1. The van der Waals surface area contributed by atoms with Crippen molar-refractivity contribution in [3.8, 4) is 11.5 Å². The van der Waals surface area contributed by atoms with Crippen LogP contribution in [0.3, 0.4) is 0 Å². The van der Waals surface area contributed by atoms with E-state index in [9.17, 15) is 39.6 Å². The van der Waals surface area contributed by atoms with Gasteiger partial charge in [-0.3, -0.25) is 14.5 Å². The number of nitrogens with one attached hydrogen (secondary N) is 1. The molecule has 1 saturated heterocycles. The molecule has 0 bridgehead atoms. The summed E-state index contributed by atoms with van der Waals surface area (Å²) in [6.45, 7) is 0. The lowest BCUT2D eigenvalue weighted by atomic mass is 9.90. The van der Waals surface area contributed by atoms with Gasteiger partial charge in [-0.25, -0.2) is 19.6 Å². The third-order valence-electron chi connectivity index (χ3n) is 7.31. The molecule has 4 aromatic rings. The highest BCUT2D eigenvalue weighted by molar-refractivity contribution is 8.03. The van der Waals surface area contributed by atoms with Crippen molar-refractivity contribution in [1.29, 1.82) is 0 Å². The maximum Gasteiger partial charge on any atom is 0.362 e. The molecule has 0 spiro atoms. The fourth-order valence-corrected chi connectivity index (χ4v) is 7.76. The fourth-order valence-electron chi connectivity index (χ4n) is 5.14. The third kappa shape index (κ3) is 5.35. The number of allylic oxidation sites excluding steroid dienone is 1. The van der Waals surface area contributed by atoms with E-state index in [2.05, 4.69) is 20.4 Å². The summed E-state index contributed by atoms with van der Waals surface area (Å²) in [6.07, 6.45) is 2.55. The molecule has 5 heterocycles. The van der Waals surface area contributed by atoms with Crippen molar-refractivity contribution < 1.29 is 44.4 Å². The van der Waals surface area contributed by atoms with Crippen molar-refractivity contribution in [3.63, 3.8) is 0 Å². The second kappa shape index (κ2) is 12.0. The molecule has 2 aliphatic heterocycles. The van der Waals surface area contributed by atoms with E-state index in [0.717, 1.165) is 50.2 Å². The number of phenolic OH excluding ortho intramolecular Hbond substituents is 2. The number of carbonyl (C=O) groups excluding carboxylic acids is 2. The van der Waals surface area contributed by atoms with Gasteiger partial charge in [-0.1, -0.05) is 5.16 Å². The number of carboxylic acids is 2. The molecule has 15 nitrogen and oxygen atoms in total. The Morgan fingerprint density at radius 1 is 1.17 bits per heavy atom. The van der Waals surface area contributed by atoms with E-state index < -0.39 is 52.9 Å². The number of phenols is 2. The maximum atomic E-state index is 13.1. The molecule has 3 aromatic heterocycles. The molecule has 2 aliphatic rings. The zero-order valence-corrected chi connectivity index (χ0v) is 25.6. The van der Waals surface area contributed by atoms with Crippen molar-refractivity contribution in [3.05, 3.63) is 74.7 Å². The molecule has 6 rings (SSSR count). The number of amides is 2. The van der Waals surface area contributed by atoms with Gasteiger partial charge in [0.1, 0.15) is 28.5 Å². The van der Waals surface area contributed by atoms with Crippen LogP contribution in [0.1, 0.15) is 16.8 Å². The van der Waals surface area contributed by atoms with E-state index in [0.29, 0.717) is 16.9 Å². The Morgan fingerprint density at radius 3 is 2.67 bits per heavy atom. The number of thiophene rings is 1. The van der Waals surface area contributed by atoms with Crippen LogP contribution in [0, 0.1) is 0 Å². The quantitative estimate of drug-likeness (QED) is 0.0609. The van der Waals surface area contributed by atoms with Gasteiger partial charge in [0.05, 0.1) is 6.04 Å². The van der Waals surface area contributed by atoms with E-state index >= 15 is 0 Å². The summed E-state index contributed by atoms with van der Waals surface area (Å²) in [5.41, 5.74) is 3.43. The molecule has 0 saturated carbocycles. The first kappa shape index (κ1) is 30.8. The highest BCUT2D eigenvalue weighted by Crippen LogP contribution is 2.41. The molecule has 7 N–H and O–H groups in total. The SMILES string of the molecule is Nc1nc(C(O/N=C\C(=O)N[C@H]2C(=O)N3C(C(=O)O)=C(Cc4cnc5sccc5c4)SC[C@H]23)(C(=O)O)c2ccc(O)c(O)c2)cs1. The van der Waals surface area contributed by atoms with Crippen molar-refractivity contribution in [1.82, 2.24) is 20.2 Å². The van der Waals surface area contributed by atoms with Crippen LogP contribution in [0.15, 0.2) is 63.0 Å². The molecular formula is C28H22N6O9S3. The monoisotopic (exact) mass is 682 g/mol. The van der Waals surface area contributed by atoms with E-state index in [1.54, 1.807) is 6.20 Å². The summed E-state index contributed by atoms with van der Waals surface area (Å²) in [7, 11) is 0. The van der Waals surface area contributed by atoms with E-state index in [1.807, 2.05) is 17.5 Å². The zero-order chi connectivity index (χ0) is 32.7. The largest absolute Gasteiger partial charge is 0.504 e. The number of rotatable bonds is 10. The number of aromatic hydroxyl groups is 2. The number of thioether (sulfide) groups is 1. The van der Waals surface area contributed by atoms with Crippen LogP contribution in [0.4, 0.5) is 5.13 Å². The standard InChI is InChI=1S/C28H22N6O9S3/c29-27-32-19(11-46-27)28(26(41)42,14-1-2-16(35)17(36)7-14)43-31-9-20(37)33-21-15-10-45-18(22(25(39)40)34(15)24(21)38)6-12-5-13-3-4-44-23(13)30-8-12/h1-5,7-9,11,15,21,35-36H,6,10H2,(H2,29,32)(H,33,37)(H,39,40)(H,41,42)/b31-9-/t15-,21-,28?/m1/s1. The lowest BCUT2D eigenvalue weighted by molar-refractivity contribution is -0.162. The molecule has 0 aliphatic carbocycles. The van der Waals surface area contributed by atoms with Crippen LogP contribution in [0.25, 0.3) is 10.2 Å². The molecule has 236 valence electrons. The number of nitrogens with two attached hydrogens (primary N) is 1. The number of anilines is 1. The van der Waals surface area contributed by atoms with Crippen LogP contribution < -0.4 is 11.1 Å². The Labute approximate surface area is 270 Å². The number of aromatic nitrogens is 2. The number of nitrogen functional groups attached to an aromatic ring is 1. The summed E-state index contributed by atoms with van der Waals surface area (Å²) in [5.74, 6) is -5.32. The van der Waals surface area contributed by atoms with Gasteiger partial charge in [0.2, 0.25) is 0 Å². The number of β-lactam (4-membered cyclic amide) rings is 1. The molecule has 2 amide bonds. The summed E-state index contributed by atoms with van der Waals surface area (Å²) in [6, 6.07) is 5.26. The number of pyridine rings is 1. The number of carbonyl (C=O) groups is 4. The van der Waals surface area contributed by atoms with Gasteiger partial charge < -0.3 is 36.3 Å². The predicted molar refractivity (Wildman–Crippen MR) is 167 cm³/mol. The minimum absolute atomic E-state index is 0.00508. The Morgan fingerprint density at radius 2 is 1.98 bits per heavy atom. The molecule has 1 fully saturated rings. The summed E-state index contributed by atoms with van der Waals surface area (Å²) >= 11 is 3.68. The van der Waals surface area contributed by atoms with Crippen molar-refractivity contribution in [2.45, 2.75) is 24.1 Å². The van der Waals surface area contributed by atoms with Gasteiger partial charge in [0, 0.05) is 39.6 Å². The Kier molecular flexibility index (Phi) is 8.01. The second-order valence-electron chi connectivity index (χ2n) is 10.1. The van der Waals surface area contributed by atoms with Crippen LogP contribution in [-0.4, -0.2) is 83.1 Å². The topological polar surface area (TPSA) is 238 Å². The maximum absolute atomic E-state index is 13.1. The number of fused-ring (bicyclic) bond motifs is 2. The normalized spacial score (nSPS) is 19.0. The Hall–Kier alpha value is -5.20. The smallest absolute Gasteiger partial charge is 0.362 e. The van der Waals surface area contributed by atoms with Crippen molar-refractivity contribution >= 4 is 79.8 Å². The summed E-state index contributed by atoms with van der Waals surface area (Å²) in [4.78, 5) is 67.0. The van der Waals surface area contributed by atoms with E-state index in [1.165, 1.54) is 28.5 Å². The number of aliphatic carboxylic acids is 2. The van der Waals surface area contributed by atoms with E-state index in [-0.39, 0.29) is 28.5 Å². The van der Waals surface area contributed by atoms with Gasteiger partial charge in [0.15, 0.2) is 16.6 Å². The molecule has 18 heteroatoms. The van der Waals surface area contributed by atoms with Crippen LogP contribution in [-0.2, 0) is 36.0 Å². The molecule has 1 aromatic carbocycles. The number of carboxylic acid groups (broad SMARTS) is 2. The number of hydrogen-bond acceptors (Lipinski definition) is 14. The van der Waals surface area contributed by atoms with Gasteiger partial charge >= 0.3 is 17.5 Å². The van der Waals surface area contributed by atoms with Gasteiger partial charge in [-0.05, 0) is 41.3 Å². The predicted octanol–water partition coefficient (Wildman–Crippen LogP) is 2.06. The van der Waals surface area contributed by atoms with Gasteiger partial charge in [-0.15, -0.1) is 34.4 Å². The van der Waals surface area contributed by atoms with Crippen molar-refractivity contribution in [2.24, 2.45) is 5.16 Å². The first-order chi connectivity index (χ1) is 22.0. The molecule has 3 atom stereocenters. The van der Waals surface area contributed by atoms with E-state index in [4.69, 9.17) is 10.6 Å². The average molecular weight is 683 g/mol. The Balaban J connectivity index is 1.18. The van der Waals surface area contributed by atoms with Crippen molar-refractivity contribution in [2.75, 3.05) is 11.5 Å². The van der Waals surface area contributed by atoms with Crippen LogP contribution in [0.5, 0.6) is 11.5 Å². The van der Waals surface area contributed by atoms with Crippen LogP contribution >= 0.6 is 34.4 Å². The lowest BCUT2D eigenvalue weighted by Gasteiger charge is -2.49. The number of nitrogens with zero attached hydrogens (tertiary/aromatic N) is 4. The summed E-state index contributed by atoms with van der Waals surface area (Å²) in [5, 5.41) is 50.1. The highest BCUT2D eigenvalue weighted by Gasteiger charge is 2.54. The molecule has 46 heavy (non-hydrogen) atoms. The minimum atomic E-state index is -2.49. The number of oxime groups is 1. The molecule has 0 radical (unpaired) electrons. The zero-order valence-electron chi connectivity index (χ0n) is 23.2. The lowest BCUT2D eigenvalue weighted by Crippen LogP contribution is -2.72. The first-order valence-corrected chi connectivity index (χ1v) is 16.0. The van der Waals surface area contributed by atoms with Gasteiger partial charge in [-0.2, -0.15) is 0 Å². The minimum Gasteiger partial charge on any atom is -0.504 e. The summed E-state index contributed by atoms with van der Waals surface area (Å²) < 4.78 is 0. The fraction of sp³-hybridized carbons (Fsp3) is 0.179. The average Bonchev–Trinajstić information content (AvgIpc) is 3.68. The third-order valence-corrected chi connectivity index (χ3v) is 10.0. The van der Waals surface area contributed by atoms with Gasteiger partial charge in [0.25, 0.3) is 11.8 Å². The van der Waals surface area contributed by atoms with Crippen LogP contribution in [0.2, 0.25) is 0 Å². The first-order valence-electron chi connectivity index (χ1n) is 13.2. The number of benzene rings is 1. The second-order valence-corrected chi connectivity index (χ2v) is 13.0. The number of hydrogen-bond donors (Lipinski definition) is 6. The molecular weight excluding hydrogens is 661 g/mol. The molecule has 1 unspecified atom stereocenters. The Bertz CT molecular complexity index is 1970.